The summed E-state index contributed by atoms with van der Waals surface area (Å²) in [5.74, 6) is 0. The van der Waals surface area contributed by atoms with Crippen LogP contribution in [0.3, 0.4) is 0 Å². The lowest BCUT2D eigenvalue weighted by Crippen LogP contribution is -2.15. The number of hydrogen-bond acceptors (Lipinski definition) is 0. The maximum Gasteiger partial charge on any atom is 0.0159 e. The summed E-state index contributed by atoms with van der Waals surface area (Å²) in [5.41, 5.74) is 19.7. The van der Waals surface area contributed by atoms with Gasteiger partial charge in [-0.15, -0.1) is 0 Å². The third kappa shape index (κ3) is 3.17. The third-order valence-electron chi connectivity index (χ3n) is 10.8. The maximum absolute atomic E-state index is 2.56. The SMILES string of the molecule is CC(C)(C)c1cc2c3c(cc(C(C)(C)C)cc3c1)-c1cc3c(cc1-2)-c1cc2c(cc1C3(C)C)-c1cccc3cccc-2c13. The van der Waals surface area contributed by atoms with Gasteiger partial charge >= 0.3 is 0 Å². The minimum Gasteiger partial charge on any atom is -0.0610 e. The molecule has 0 saturated carbocycles. The molecule has 0 aromatic heterocycles. The Bertz CT molecular complexity index is 2250. The number of rotatable bonds is 0. The van der Waals surface area contributed by atoms with E-state index in [1.54, 1.807) is 0 Å². The van der Waals surface area contributed by atoms with Crippen LogP contribution in [0.5, 0.6) is 0 Å². The second-order valence-corrected chi connectivity index (χ2v) is 15.9. The van der Waals surface area contributed by atoms with Crippen molar-refractivity contribution in [3.05, 3.63) is 107 Å². The molecule has 0 atom stereocenters. The number of fused-ring (bicyclic) bond motifs is 9. The molecular formula is C43H38. The van der Waals surface area contributed by atoms with Crippen molar-refractivity contribution >= 4 is 21.5 Å². The molecule has 0 amide bonds. The van der Waals surface area contributed by atoms with E-state index in [-0.39, 0.29) is 16.2 Å². The minimum absolute atomic E-state index is 0.0766. The molecule has 210 valence electrons. The highest BCUT2D eigenvalue weighted by Crippen LogP contribution is 2.59. The highest BCUT2D eigenvalue weighted by molar-refractivity contribution is 6.18. The first kappa shape index (κ1) is 25.3. The van der Waals surface area contributed by atoms with Crippen LogP contribution in [-0.2, 0) is 16.2 Å². The van der Waals surface area contributed by atoms with Gasteiger partial charge in [0.15, 0.2) is 0 Å². The quantitative estimate of drug-likeness (QED) is 0.175. The van der Waals surface area contributed by atoms with E-state index >= 15 is 0 Å². The highest BCUT2D eigenvalue weighted by Gasteiger charge is 2.40. The van der Waals surface area contributed by atoms with E-state index in [1.165, 1.54) is 99.4 Å². The predicted molar refractivity (Wildman–Crippen MR) is 185 cm³/mol. The van der Waals surface area contributed by atoms with Crippen LogP contribution in [0, 0.1) is 0 Å². The summed E-state index contributed by atoms with van der Waals surface area (Å²) in [4.78, 5) is 0. The zero-order chi connectivity index (χ0) is 29.8. The monoisotopic (exact) mass is 554 g/mol. The van der Waals surface area contributed by atoms with E-state index in [1.807, 2.05) is 0 Å². The van der Waals surface area contributed by atoms with E-state index in [9.17, 15) is 0 Å². The summed E-state index contributed by atoms with van der Waals surface area (Å²) >= 11 is 0. The van der Waals surface area contributed by atoms with Crippen LogP contribution in [-0.4, -0.2) is 0 Å². The second-order valence-electron chi connectivity index (χ2n) is 15.9. The van der Waals surface area contributed by atoms with Crippen LogP contribution in [0.25, 0.3) is 77.2 Å². The van der Waals surface area contributed by atoms with Gasteiger partial charge in [-0.2, -0.15) is 0 Å². The van der Waals surface area contributed by atoms with Gasteiger partial charge in [0.2, 0.25) is 0 Å². The lowest BCUT2D eigenvalue weighted by Gasteiger charge is -2.23. The Labute approximate surface area is 255 Å². The van der Waals surface area contributed by atoms with Gasteiger partial charge < -0.3 is 0 Å². The van der Waals surface area contributed by atoms with Gasteiger partial charge in [0, 0.05) is 5.41 Å². The van der Waals surface area contributed by atoms with E-state index < -0.39 is 0 Å². The molecule has 3 aliphatic carbocycles. The smallest absolute Gasteiger partial charge is 0.0159 e. The summed E-state index contributed by atoms with van der Waals surface area (Å²) in [6.45, 7) is 18.9. The average Bonchev–Trinajstić information content (AvgIpc) is 3.52. The van der Waals surface area contributed by atoms with Crippen molar-refractivity contribution in [1.82, 2.24) is 0 Å². The normalized spacial score (nSPS) is 15.2. The van der Waals surface area contributed by atoms with E-state index in [0.717, 1.165) is 0 Å². The van der Waals surface area contributed by atoms with E-state index in [2.05, 4.69) is 140 Å². The van der Waals surface area contributed by atoms with Crippen molar-refractivity contribution in [2.24, 2.45) is 0 Å². The van der Waals surface area contributed by atoms with Crippen LogP contribution >= 0.6 is 0 Å². The van der Waals surface area contributed by atoms with Crippen LogP contribution in [0.1, 0.15) is 77.6 Å². The molecule has 0 saturated heterocycles. The number of benzene rings is 6. The molecule has 0 radical (unpaired) electrons. The summed E-state index contributed by atoms with van der Waals surface area (Å²) in [6, 6.07) is 33.6. The summed E-state index contributed by atoms with van der Waals surface area (Å²) in [5, 5.41) is 5.54. The largest absolute Gasteiger partial charge is 0.0610 e. The van der Waals surface area contributed by atoms with E-state index in [4.69, 9.17) is 0 Å². The second kappa shape index (κ2) is 7.67. The Hall–Kier alpha value is -4.16. The Kier molecular flexibility index (Phi) is 4.52. The van der Waals surface area contributed by atoms with Gasteiger partial charge in [-0.25, -0.2) is 0 Å². The summed E-state index contributed by atoms with van der Waals surface area (Å²) in [7, 11) is 0. The number of hydrogen-bond donors (Lipinski definition) is 0. The van der Waals surface area contributed by atoms with Crippen LogP contribution in [0.4, 0.5) is 0 Å². The zero-order valence-corrected chi connectivity index (χ0v) is 26.6. The summed E-state index contributed by atoms with van der Waals surface area (Å²) < 4.78 is 0. The van der Waals surface area contributed by atoms with Crippen LogP contribution in [0.15, 0.2) is 84.9 Å². The lowest BCUT2D eigenvalue weighted by atomic mass is 9.80. The van der Waals surface area contributed by atoms with Crippen molar-refractivity contribution in [2.45, 2.75) is 71.6 Å². The molecule has 9 rings (SSSR count). The van der Waals surface area contributed by atoms with E-state index in [0.29, 0.717) is 0 Å². The molecule has 0 nitrogen and oxygen atoms in total. The van der Waals surface area contributed by atoms with Gasteiger partial charge in [-0.05, 0) is 147 Å². The fourth-order valence-electron chi connectivity index (χ4n) is 8.31. The highest BCUT2D eigenvalue weighted by atomic mass is 14.4. The fourth-order valence-corrected chi connectivity index (χ4v) is 8.31. The summed E-state index contributed by atoms with van der Waals surface area (Å²) in [6.07, 6.45) is 0. The topological polar surface area (TPSA) is 0 Å². The first-order valence-electron chi connectivity index (χ1n) is 15.9. The molecule has 43 heavy (non-hydrogen) atoms. The minimum atomic E-state index is -0.0799. The molecule has 3 aliphatic rings. The first-order chi connectivity index (χ1) is 20.3. The Morgan fingerprint density at radius 2 is 0.814 bits per heavy atom. The fraction of sp³-hybridized carbons (Fsp3) is 0.256. The molecule has 0 aliphatic heterocycles. The average molecular weight is 555 g/mol. The molecular weight excluding hydrogens is 516 g/mol. The molecule has 0 spiro atoms. The van der Waals surface area contributed by atoms with Crippen LogP contribution in [0.2, 0.25) is 0 Å². The molecule has 0 fully saturated rings. The first-order valence-corrected chi connectivity index (χ1v) is 15.9. The van der Waals surface area contributed by atoms with Gasteiger partial charge in [-0.1, -0.05) is 104 Å². The zero-order valence-electron chi connectivity index (χ0n) is 26.6. The molecule has 6 aromatic carbocycles. The van der Waals surface area contributed by atoms with Crippen molar-refractivity contribution < 1.29 is 0 Å². The predicted octanol–water partition coefficient (Wildman–Crippen LogP) is 12.2. The molecule has 0 heteroatoms. The molecule has 0 N–H and O–H groups in total. The van der Waals surface area contributed by atoms with Gasteiger partial charge in [-0.3, -0.25) is 0 Å². The molecule has 0 unspecified atom stereocenters. The molecule has 0 bridgehead atoms. The Morgan fingerprint density at radius 3 is 1.30 bits per heavy atom. The Balaban J connectivity index is 1.33. The van der Waals surface area contributed by atoms with Crippen LogP contribution < -0.4 is 0 Å². The van der Waals surface area contributed by atoms with Crippen molar-refractivity contribution in [3.63, 3.8) is 0 Å². The van der Waals surface area contributed by atoms with Gasteiger partial charge in [0.1, 0.15) is 0 Å². The lowest BCUT2D eigenvalue weighted by molar-refractivity contribution is 0.589. The standard InChI is InChI=1S/C43H38/c1-41(2,3)25-15-24-16-26(42(4,5)6)18-36-32-22-38-34(20-30(32)35(17-25)40(24)36)33-19-29-27-13-9-11-23-12-10-14-28(39(23)27)31(29)21-37(33)43(38,7)8/h9-22H,1-8H3. The maximum atomic E-state index is 2.56. The molecule has 0 heterocycles. The Morgan fingerprint density at radius 1 is 0.395 bits per heavy atom. The third-order valence-corrected chi connectivity index (χ3v) is 10.8. The molecule has 6 aromatic rings. The van der Waals surface area contributed by atoms with Gasteiger partial charge in [0.25, 0.3) is 0 Å². The van der Waals surface area contributed by atoms with Gasteiger partial charge in [0.05, 0.1) is 0 Å². The van der Waals surface area contributed by atoms with Crippen molar-refractivity contribution in [2.75, 3.05) is 0 Å². The van der Waals surface area contributed by atoms with Crippen molar-refractivity contribution in [3.8, 4) is 55.6 Å². The van der Waals surface area contributed by atoms with Crippen molar-refractivity contribution in [1.29, 1.82) is 0 Å².